The zero-order valence-corrected chi connectivity index (χ0v) is 17.5. The van der Waals surface area contributed by atoms with E-state index in [0.29, 0.717) is 0 Å². The molecule has 4 heteroatoms. The SMILES string of the molecule is Brc1ccc2c(c1)CC=N2.COc1cc(C)ccc1-c1ccc2c(c1)CC=N2. The molecule has 0 fully saturated rings. The van der Waals surface area contributed by atoms with E-state index in [1.165, 1.54) is 22.3 Å². The number of aliphatic imine (C=N–C) groups is 2. The molecule has 0 saturated carbocycles. The van der Waals surface area contributed by atoms with Crippen LogP contribution in [0.2, 0.25) is 0 Å². The van der Waals surface area contributed by atoms with Gasteiger partial charge >= 0.3 is 0 Å². The topological polar surface area (TPSA) is 34.0 Å². The van der Waals surface area contributed by atoms with Crippen LogP contribution in [0, 0.1) is 6.92 Å². The Hall–Kier alpha value is -2.72. The van der Waals surface area contributed by atoms with Crippen LogP contribution in [-0.2, 0) is 12.8 Å². The average Bonchev–Trinajstić information content (AvgIpc) is 3.36. The maximum absolute atomic E-state index is 5.47. The highest BCUT2D eigenvalue weighted by Gasteiger charge is 2.11. The molecule has 140 valence electrons. The molecule has 2 aliphatic rings. The Bertz CT molecular complexity index is 1090. The summed E-state index contributed by atoms with van der Waals surface area (Å²) >= 11 is 3.41. The molecule has 0 N–H and O–H groups in total. The monoisotopic (exact) mass is 432 g/mol. The van der Waals surface area contributed by atoms with Crippen molar-refractivity contribution in [3.63, 3.8) is 0 Å². The second kappa shape index (κ2) is 8.11. The van der Waals surface area contributed by atoms with Gasteiger partial charge in [-0.15, -0.1) is 0 Å². The Balaban J connectivity index is 0.000000162. The van der Waals surface area contributed by atoms with Crippen molar-refractivity contribution in [1.82, 2.24) is 0 Å². The minimum absolute atomic E-state index is 0.925. The molecule has 2 aliphatic heterocycles. The molecule has 0 aromatic heterocycles. The van der Waals surface area contributed by atoms with Crippen LogP contribution in [0.15, 0.2) is 69.1 Å². The number of methoxy groups -OCH3 is 1. The van der Waals surface area contributed by atoms with Gasteiger partial charge in [-0.3, -0.25) is 9.98 Å². The van der Waals surface area contributed by atoms with Crippen LogP contribution < -0.4 is 4.74 Å². The highest BCUT2D eigenvalue weighted by Crippen LogP contribution is 2.35. The number of nitrogens with zero attached hydrogens (tertiary/aromatic N) is 2. The van der Waals surface area contributed by atoms with E-state index in [-0.39, 0.29) is 0 Å². The first-order valence-corrected chi connectivity index (χ1v) is 10.0. The molecule has 28 heavy (non-hydrogen) atoms. The van der Waals surface area contributed by atoms with Crippen LogP contribution in [0.4, 0.5) is 11.4 Å². The highest BCUT2D eigenvalue weighted by molar-refractivity contribution is 9.10. The lowest BCUT2D eigenvalue weighted by atomic mass is 9.99. The van der Waals surface area contributed by atoms with Crippen LogP contribution in [0.25, 0.3) is 11.1 Å². The lowest BCUT2D eigenvalue weighted by molar-refractivity contribution is 0.416. The van der Waals surface area contributed by atoms with Crippen molar-refractivity contribution < 1.29 is 4.74 Å². The summed E-state index contributed by atoms with van der Waals surface area (Å²) in [6, 6.07) is 18.8. The standard InChI is InChI=1S/C16H15NO.C8H6BrN/c1-11-3-5-14(16(9-11)18-2)12-4-6-15-13(10-12)7-8-17-15;9-7-1-2-8-6(5-7)3-4-10-8/h3-6,8-10H,7H2,1-2H3;1-2,4-5H,3H2. The van der Waals surface area contributed by atoms with Gasteiger partial charge in [0.25, 0.3) is 0 Å². The molecule has 0 saturated heterocycles. The average molecular weight is 433 g/mol. The predicted octanol–water partition coefficient (Wildman–Crippen LogP) is 6.64. The minimum Gasteiger partial charge on any atom is -0.496 e. The van der Waals surface area contributed by atoms with Crippen LogP contribution >= 0.6 is 15.9 Å². The van der Waals surface area contributed by atoms with Gasteiger partial charge in [0.15, 0.2) is 0 Å². The summed E-state index contributed by atoms with van der Waals surface area (Å²) in [5.41, 5.74) is 8.34. The van der Waals surface area contributed by atoms with E-state index in [4.69, 9.17) is 4.74 Å². The van der Waals surface area contributed by atoms with Crippen molar-refractivity contribution in [2.24, 2.45) is 9.98 Å². The van der Waals surface area contributed by atoms with Crippen LogP contribution in [0.1, 0.15) is 16.7 Å². The Morgan fingerprint density at radius 3 is 2.21 bits per heavy atom. The summed E-state index contributed by atoms with van der Waals surface area (Å²) in [7, 11) is 1.72. The van der Waals surface area contributed by atoms with Crippen molar-refractivity contribution >= 4 is 39.7 Å². The van der Waals surface area contributed by atoms with Gasteiger partial charge < -0.3 is 4.74 Å². The zero-order valence-electron chi connectivity index (χ0n) is 15.9. The molecular formula is C24H21BrN2O. The van der Waals surface area contributed by atoms with Crippen molar-refractivity contribution in [2.45, 2.75) is 19.8 Å². The molecule has 2 heterocycles. The van der Waals surface area contributed by atoms with Crippen LogP contribution in [-0.4, -0.2) is 19.5 Å². The number of hydrogen-bond acceptors (Lipinski definition) is 3. The first-order chi connectivity index (χ1) is 13.6. The van der Waals surface area contributed by atoms with Gasteiger partial charge in [0.2, 0.25) is 0 Å². The number of aryl methyl sites for hydroxylation is 1. The third kappa shape index (κ3) is 3.92. The summed E-state index contributed by atoms with van der Waals surface area (Å²) in [4.78, 5) is 8.53. The summed E-state index contributed by atoms with van der Waals surface area (Å²) in [6.45, 7) is 2.07. The molecule has 0 atom stereocenters. The summed E-state index contributed by atoms with van der Waals surface area (Å²) in [5.74, 6) is 0.925. The fraction of sp³-hybridized carbons (Fsp3) is 0.167. The highest BCUT2D eigenvalue weighted by atomic mass is 79.9. The second-order valence-corrected chi connectivity index (χ2v) is 7.77. The Morgan fingerprint density at radius 2 is 1.50 bits per heavy atom. The van der Waals surface area contributed by atoms with Gasteiger partial charge in [0.05, 0.1) is 18.5 Å². The van der Waals surface area contributed by atoms with E-state index < -0.39 is 0 Å². The third-order valence-electron chi connectivity index (χ3n) is 4.87. The first-order valence-electron chi connectivity index (χ1n) is 9.25. The van der Waals surface area contributed by atoms with Gasteiger partial charge in [-0.25, -0.2) is 0 Å². The Labute approximate surface area is 174 Å². The lowest BCUT2D eigenvalue weighted by Crippen LogP contribution is -1.90. The fourth-order valence-corrected chi connectivity index (χ4v) is 3.82. The smallest absolute Gasteiger partial charge is 0.126 e. The van der Waals surface area contributed by atoms with E-state index in [2.05, 4.69) is 75.3 Å². The molecule has 0 spiro atoms. The molecule has 3 aromatic carbocycles. The summed E-state index contributed by atoms with van der Waals surface area (Å²) in [5, 5.41) is 0. The first kappa shape index (κ1) is 18.6. The Kier molecular flexibility index (Phi) is 5.40. The number of halogens is 1. The normalized spacial score (nSPS) is 13.0. The number of fused-ring (bicyclic) bond motifs is 2. The van der Waals surface area contributed by atoms with Crippen molar-refractivity contribution in [3.8, 4) is 16.9 Å². The molecular weight excluding hydrogens is 412 g/mol. The van der Waals surface area contributed by atoms with Crippen molar-refractivity contribution in [2.75, 3.05) is 7.11 Å². The van der Waals surface area contributed by atoms with E-state index >= 15 is 0 Å². The molecule has 0 amide bonds. The summed E-state index contributed by atoms with van der Waals surface area (Å²) < 4.78 is 6.60. The van der Waals surface area contributed by atoms with E-state index in [0.717, 1.165) is 40.0 Å². The van der Waals surface area contributed by atoms with Gasteiger partial charge in [-0.2, -0.15) is 0 Å². The van der Waals surface area contributed by atoms with Gasteiger partial charge in [0, 0.05) is 35.3 Å². The van der Waals surface area contributed by atoms with E-state index in [1.54, 1.807) is 7.11 Å². The van der Waals surface area contributed by atoms with Crippen LogP contribution in [0.5, 0.6) is 5.75 Å². The van der Waals surface area contributed by atoms with Crippen molar-refractivity contribution in [3.05, 3.63) is 75.8 Å². The zero-order chi connectivity index (χ0) is 19.5. The van der Waals surface area contributed by atoms with Gasteiger partial charge in [-0.05, 0) is 65.6 Å². The van der Waals surface area contributed by atoms with Crippen LogP contribution in [0.3, 0.4) is 0 Å². The number of rotatable bonds is 2. The quantitative estimate of drug-likeness (QED) is 0.446. The van der Waals surface area contributed by atoms with E-state index in [9.17, 15) is 0 Å². The molecule has 3 aromatic rings. The molecule has 5 rings (SSSR count). The lowest BCUT2D eigenvalue weighted by Gasteiger charge is -2.10. The molecule has 0 unspecified atom stereocenters. The Morgan fingerprint density at radius 1 is 0.821 bits per heavy atom. The van der Waals surface area contributed by atoms with E-state index in [1.807, 2.05) is 24.6 Å². The number of hydrogen-bond donors (Lipinski definition) is 0. The van der Waals surface area contributed by atoms with Gasteiger partial charge in [-0.1, -0.05) is 34.1 Å². The second-order valence-electron chi connectivity index (χ2n) is 6.85. The minimum atomic E-state index is 0.925. The predicted molar refractivity (Wildman–Crippen MR) is 121 cm³/mol. The largest absolute Gasteiger partial charge is 0.496 e. The molecule has 0 aliphatic carbocycles. The van der Waals surface area contributed by atoms with Gasteiger partial charge in [0.1, 0.15) is 5.75 Å². The number of ether oxygens (including phenoxy) is 1. The maximum atomic E-state index is 5.47. The third-order valence-corrected chi connectivity index (χ3v) is 5.37. The maximum Gasteiger partial charge on any atom is 0.126 e. The van der Waals surface area contributed by atoms with Crippen molar-refractivity contribution in [1.29, 1.82) is 0 Å². The molecule has 3 nitrogen and oxygen atoms in total. The summed E-state index contributed by atoms with van der Waals surface area (Å²) in [6.07, 6.45) is 5.81. The fourth-order valence-electron chi connectivity index (χ4n) is 3.41. The number of benzene rings is 3. The molecule has 0 bridgehead atoms. The molecule has 0 radical (unpaired) electrons.